The summed E-state index contributed by atoms with van der Waals surface area (Å²) in [5, 5.41) is 20.3. The fraction of sp³-hybridized carbons (Fsp3) is 0.475. The quantitative estimate of drug-likeness (QED) is 0.156. The fourth-order valence-electron chi connectivity index (χ4n) is 7.40. The minimum Gasteiger partial charge on any atom is -0.491 e. The highest BCUT2D eigenvalue weighted by Crippen LogP contribution is 2.39. The normalized spacial score (nSPS) is 20.3. The molecule has 1 aromatic carbocycles. The third kappa shape index (κ3) is 7.95. The van der Waals surface area contributed by atoms with Crippen molar-refractivity contribution in [3.63, 3.8) is 0 Å². The summed E-state index contributed by atoms with van der Waals surface area (Å²) in [7, 11) is 4.01. The monoisotopic (exact) mass is 720 g/mol. The lowest BCUT2D eigenvalue weighted by molar-refractivity contribution is 0.171. The van der Waals surface area contributed by atoms with Crippen molar-refractivity contribution in [2.24, 2.45) is 0 Å². The SMILES string of the molecule is C[C@@H]1CCC[C@H](C)N1c1nnc2ccc(OC3CCC(NC(=O)Nc4cc(C(C)(C)C)nn4-c4cncc(OCCN(C)C)c4)c4ccccc43)cn12. The Hall–Kier alpha value is -5.17. The molecular weight excluding hydrogens is 669 g/mol. The minimum absolute atomic E-state index is 0.173. The third-order valence-electron chi connectivity index (χ3n) is 10.3. The molecule has 2 unspecified atom stereocenters. The molecule has 0 radical (unpaired) electrons. The number of hydrogen-bond donors (Lipinski definition) is 2. The van der Waals surface area contributed by atoms with Gasteiger partial charge in [-0.05, 0) is 83.3 Å². The lowest BCUT2D eigenvalue weighted by Gasteiger charge is -2.39. The van der Waals surface area contributed by atoms with Crippen LogP contribution < -0.4 is 25.0 Å². The summed E-state index contributed by atoms with van der Waals surface area (Å²) in [5.74, 6) is 2.79. The smallest absolute Gasteiger partial charge is 0.320 e. The van der Waals surface area contributed by atoms with Crippen molar-refractivity contribution in [1.82, 2.24) is 39.6 Å². The number of carbonyl (C=O) groups is 1. The number of aromatic nitrogens is 6. The largest absolute Gasteiger partial charge is 0.491 e. The number of nitrogens with one attached hydrogen (secondary N) is 2. The van der Waals surface area contributed by atoms with Crippen LogP contribution in [-0.4, -0.2) is 79.6 Å². The molecule has 2 amide bonds. The summed E-state index contributed by atoms with van der Waals surface area (Å²) in [6.07, 6.45) is 10.2. The highest BCUT2D eigenvalue weighted by Gasteiger charge is 2.31. The third-order valence-corrected chi connectivity index (χ3v) is 10.3. The summed E-state index contributed by atoms with van der Waals surface area (Å²) >= 11 is 0. The second-order valence-electron chi connectivity index (χ2n) is 15.7. The molecular formula is C40H52N10O3. The molecule has 4 aromatic heterocycles. The molecule has 0 bridgehead atoms. The molecule has 13 nitrogen and oxygen atoms in total. The van der Waals surface area contributed by atoms with Crippen LogP contribution in [0, 0.1) is 0 Å². The number of ether oxygens (including phenoxy) is 2. The zero-order valence-electron chi connectivity index (χ0n) is 31.9. The number of anilines is 2. The number of benzene rings is 1. The van der Waals surface area contributed by atoms with Gasteiger partial charge in [-0.25, -0.2) is 9.48 Å². The van der Waals surface area contributed by atoms with Gasteiger partial charge in [0, 0.05) is 36.2 Å². The number of fused-ring (bicyclic) bond motifs is 2. The van der Waals surface area contributed by atoms with Crippen molar-refractivity contribution in [3.8, 4) is 17.2 Å². The average molecular weight is 721 g/mol. The van der Waals surface area contributed by atoms with Gasteiger partial charge < -0.3 is 24.6 Å². The zero-order valence-corrected chi connectivity index (χ0v) is 31.9. The van der Waals surface area contributed by atoms with E-state index in [1.165, 1.54) is 6.42 Å². The molecule has 1 aliphatic carbocycles. The summed E-state index contributed by atoms with van der Waals surface area (Å²) in [6, 6.07) is 16.2. The highest BCUT2D eigenvalue weighted by molar-refractivity contribution is 5.89. The van der Waals surface area contributed by atoms with Crippen molar-refractivity contribution in [2.45, 2.75) is 96.4 Å². The number of likely N-dealkylation sites (N-methyl/N-ethyl adjacent to an activating group) is 1. The van der Waals surface area contributed by atoms with Crippen molar-refractivity contribution in [3.05, 3.63) is 83.9 Å². The number of nitrogens with zero attached hydrogens (tertiary/aromatic N) is 8. The number of urea groups is 1. The lowest BCUT2D eigenvalue weighted by Crippen LogP contribution is -2.44. The van der Waals surface area contributed by atoms with Crippen molar-refractivity contribution in [2.75, 3.05) is 37.5 Å². The Morgan fingerprint density at radius 3 is 2.47 bits per heavy atom. The predicted molar refractivity (Wildman–Crippen MR) is 206 cm³/mol. The van der Waals surface area contributed by atoms with Crippen LogP contribution >= 0.6 is 0 Å². The first-order chi connectivity index (χ1) is 25.4. The van der Waals surface area contributed by atoms with Gasteiger partial charge in [-0.15, -0.1) is 10.2 Å². The van der Waals surface area contributed by atoms with Crippen LogP contribution in [0.4, 0.5) is 16.6 Å². The fourth-order valence-corrected chi connectivity index (χ4v) is 7.40. The van der Waals surface area contributed by atoms with E-state index in [1.54, 1.807) is 17.1 Å². The van der Waals surface area contributed by atoms with Gasteiger partial charge in [0.1, 0.15) is 30.0 Å². The van der Waals surface area contributed by atoms with Gasteiger partial charge in [0.2, 0.25) is 5.95 Å². The maximum atomic E-state index is 13.7. The summed E-state index contributed by atoms with van der Waals surface area (Å²) < 4.78 is 16.4. The highest BCUT2D eigenvalue weighted by atomic mass is 16.5. The van der Waals surface area contributed by atoms with Crippen molar-refractivity contribution < 1.29 is 14.3 Å². The van der Waals surface area contributed by atoms with Gasteiger partial charge >= 0.3 is 6.03 Å². The van der Waals surface area contributed by atoms with E-state index in [9.17, 15) is 4.79 Å². The average Bonchev–Trinajstić information content (AvgIpc) is 3.74. The van der Waals surface area contributed by atoms with E-state index in [0.717, 1.165) is 60.0 Å². The number of amides is 2. The van der Waals surface area contributed by atoms with Crippen molar-refractivity contribution in [1.29, 1.82) is 0 Å². The zero-order chi connectivity index (χ0) is 37.3. The van der Waals surface area contributed by atoms with Gasteiger partial charge in [0.15, 0.2) is 5.65 Å². The van der Waals surface area contributed by atoms with Crippen LogP contribution in [0.3, 0.4) is 0 Å². The van der Waals surface area contributed by atoms with Gasteiger partial charge in [-0.2, -0.15) is 5.10 Å². The van der Waals surface area contributed by atoms with Gasteiger partial charge in [0.25, 0.3) is 0 Å². The van der Waals surface area contributed by atoms with E-state index in [2.05, 4.69) is 86.8 Å². The van der Waals surface area contributed by atoms with Crippen LogP contribution in [-0.2, 0) is 5.41 Å². The molecule has 53 heavy (non-hydrogen) atoms. The molecule has 0 spiro atoms. The Morgan fingerprint density at radius 2 is 1.72 bits per heavy atom. The Morgan fingerprint density at radius 1 is 0.943 bits per heavy atom. The summed E-state index contributed by atoms with van der Waals surface area (Å²) in [5.41, 5.74) is 4.18. The maximum absolute atomic E-state index is 13.7. The minimum atomic E-state index is -0.316. The first-order valence-electron chi connectivity index (χ1n) is 18.7. The Bertz CT molecular complexity index is 2040. The molecule has 2 N–H and O–H groups in total. The topological polar surface area (TPSA) is 127 Å². The number of carbonyl (C=O) groups excluding carboxylic acids is 1. The lowest BCUT2D eigenvalue weighted by atomic mass is 9.85. The first-order valence-corrected chi connectivity index (χ1v) is 18.7. The molecule has 1 aliphatic heterocycles. The van der Waals surface area contributed by atoms with E-state index in [0.29, 0.717) is 42.4 Å². The van der Waals surface area contributed by atoms with Gasteiger partial charge in [-0.1, -0.05) is 45.0 Å². The second kappa shape index (κ2) is 15.1. The van der Waals surface area contributed by atoms with Crippen molar-refractivity contribution >= 4 is 23.4 Å². The van der Waals surface area contributed by atoms with Gasteiger partial charge in [-0.3, -0.25) is 14.7 Å². The number of pyridine rings is 2. The number of piperidine rings is 1. The van der Waals surface area contributed by atoms with Gasteiger partial charge in [0.05, 0.1) is 36.0 Å². The maximum Gasteiger partial charge on any atom is 0.320 e. The van der Waals surface area contributed by atoms with E-state index < -0.39 is 0 Å². The van der Waals surface area contributed by atoms with Crippen LogP contribution in [0.2, 0.25) is 0 Å². The first kappa shape index (κ1) is 36.2. The second-order valence-corrected chi connectivity index (χ2v) is 15.7. The van der Waals surface area contributed by atoms with Crippen LogP contribution in [0.25, 0.3) is 11.3 Å². The Balaban J connectivity index is 1.08. The molecule has 5 aromatic rings. The van der Waals surface area contributed by atoms with E-state index in [1.807, 2.05) is 56.7 Å². The van der Waals surface area contributed by atoms with Crippen LogP contribution in [0.1, 0.15) is 95.7 Å². The molecule has 0 saturated carbocycles. The molecule has 7 rings (SSSR count). The van der Waals surface area contributed by atoms with Crippen LogP contribution in [0.5, 0.6) is 11.5 Å². The molecule has 13 heteroatoms. The number of rotatable bonds is 10. The van der Waals surface area contributed by atoms with E-state index in [-0.39, 0.29) is 23.6 Å². The summed E-state index contributed by atoms with van der Waals surface area (Å²) in [4.78, 5) is 22.6. The number of hydrogen-bond acceptors (Lipinski definition) is 9. The van der Waals surface area contributed by atoms with E-state index in [4.69, 9.17) is 14.6 Å². The molecule has 4 atom stereocenters. The predicted octanol–water partition coefficient (Wildman–Crippen LogP) is 7.09. The summed E-state index contributed by atoms with van der Waals surface area (Å²) in [6.45, 7) is 12.1. The molecule has 280 valence electrons. The Labute approximate surface area is 311 Å². The van der Waals surface area contributed by atoms with Crippen LogP contribution in [0.15, 0.2) is 67.1 Å². The van der Waals surface area contributed by atoms with E-state index >= 15 is 0 Å². The standard InChI is InChI=1S/C40H52N10O3/c1-26-11-10-12-27(2)49(26)39-45-44-36-18-15-29(25-48(36)39)53-34-17-16-33(31-13-8-9-14-32(31)34)42-38(51)43-37-22-35(40(3,4)5)46-50(37)28-21-30(24-41-23-28)52-20-19-47(6)7/h8-9,13-15,18,21-27,33-34H,10-12,16-17,19-20H2,1-7H3,(H2,42,43,51)/t26-,27+,33?,34?. The molecule has 5 heterocycles. The molecule has 1 saturated heterocycles. The molecule has 1 fully saturated rings. The molecule has 2 aliphatic rings. The Kier molecular flexibility index (Phi) is 10.3.